The van der Waals surface area contributed by atoms with E-state index in [0.29, 0.717) is 19.5 Å². The fourth-order valence-electron chi connectivity index (χ4n) is 3.77. The highest BCUT2D eigenvalue weighted by molar-refractivity contribution is 5.91. The molecule has 0 spiro atoms. The molecule has 2 bridgehead atoms. The van der Waals surface area contributed by atoms with Gasteiger partial charge < -0.3 is 19.9 Å². The summed E-state index contributed by atoms with van der Waals surface area (Å²) in [5.41, 5.74) is 1.86. The van der Waals surface area contributed by atoms with E-state index in [2.05, 4.69) is 22.1 Å². The lowest BCUT2D eigenvalue weighted by molar-refractivity contribution is -0.933. The van der Waals surface area contributed by atoms with Gasteiger partial charge in [0, 0.05) is 31.9 Å². The zero-order chi connectivity index (χ0) is 19.1. The maximum absolute atomic E-state index is 12.6. The number of amides is 2. The molecule has 0 aliphatic carbocycles. The van der Waals surface area contributed by atoms with Crippen LogP contribution in [0.1, 0.15) is 5.56 Å². The molecule has 3 saturated heterocycles. The van der Waals surface area contributed by atoms with Gasteiger partial charge in [-0.05, 0) is 24.1 Å². The molecule has 27 heavy (non-hydrogen) atoms. The summed E-state index contributed by atoms with van der Waals surface area (Å²) in [4.78, 5) is 26.4. The van der Waals surface area contributed by atoms with Gasteiger partial charge in [0.2, 0.25) is 0 Å². The molecule has 0 unspecified atom stereocenters. The molecule has 1 aromatic rings. The van der Waals surface area contributed by atoms with Gasteiger partial charge in [-0.3, -0.25) is 9.69 Å². The Labute approximate surface area is 160 Å². The molecule has 3 fully saturated rings. The van der Waals surface area contributed by atoms with Gasteiger partial charge in [0.1, 0.15) is 6.61 Å². The van der Waals surface area contributed by atoms with Gasteiger partial charge in [-0.25, -0.2) is 4.79 Å². The van der Waals surface area contributed by atoms with Crippen LogP contribution in [0.15, 0.2) is 36.9 Å². The van der Waals surface area contributed by atoms with Crippen LogP contribution in [0.5, 0.6) is 0 Å². The summed E-state index contributed by atoms with van der Waals surface area (Å²) in [7, 11) is 0. The summed E-state index contributed by atoms with van der Waals surface area (Å²) in [5, 5.41) is 5.74. The fourth-order valence-corrected chi connectivity index (χ4v) is 3.77. The van der Waals surface area contributed by atoms with Crippen LogP contribution in [0.25, 0.3) is 0 Å². The Morgan fingerprint density at radius 3 is 2.67 bits per heavy atom. The van der Waals surface area contributed by atoms with Crippen LogP contribution in [0, 0.1) is 0 Å². The van der Waals surface area contributed by atoms with Crippen LogP contribution in [-0.4, -0.2) is 80.3 Å². The molecule has 2 amide bonds. The van der Waals surface area contributed by atoms with Gasteiger partial charge in [0.25, 0.3) is 5.91 Å². The lowest BCUT2D eigenvalue weighted by Gasteiger charge is -2.50. The summed E-state index contributed by atoms with van der Waals surface area (Å²) in [6.45, 7) is 11.2. The van der Waals surface area contributed by atoms with E-state index < -0.39 is 6.09 Å². The van der Waals surface area contributed by atoms with Crippen molar-refractivity contribution in [2.45, 2.75) is 6.42 Å². The number of piperazine rings is 3. The molecule has 1 aromatic carbocycles. The summed E-state index contributed by atoms with van der Waals surface area (Å²) < 4.78 is 5.79. The Hall–Kier alpha value is -2.38. The van der Waals surface area contributed by atoms with Crippen LogP contribution in [0.4, 0.5) is 10.5 Å². The molecule has 7 heteroatoms. The number of carbonyl (C=O) groups excluding carboxylic acids is 2. The zero-order valence-corrected chi connectivity index (χ0v) is 15.8. The van der Waals surface area contributed by atoms with Crippen molar-refractivity contribution in [1.29, 1.82) is 0 Å². The van der Waals surface area contributed by atoms with E-state index in [1.165, 1.54) is 6.08 Å². The first-order chi connectivity index (χ1) is 13.1. The van der Waals surface area contributed by atoms with E-state index >= 15 is 0 Å². The third-order valence-corrected chi connectivity index (χ3v) is 5.38. The van der Waals surface area contributed by atoms with Gasteiger partial charge in [-0.2, -0.15) is 0 Å². The van der Waals surface area contributed by atoms with E-state index in [0.717, 1.165) is 55.0 Å². The van der Waals surface area contributed by atoms with Gasteiger partial charge in [-0.15, -0.1) is 0 Å². The predicted octanol–water partition coefficient (Wildman–Crippen LogP) is 1.23. The van der Waals surface area contributed by atoms with Crippen molar-refractivity contribution in [2.24, 2.45) is 0 Å². The number of hydrogen-bond donors (Lipinski definition) is 2. The predicted molar refractivity (Wildman–Crippen MR) is 104 cm³/mol. The van der Waals surface area contributed by atoms with Crippen molar-refractivity contribution in [3.05, 3.63) is 42.5 Å². The lowest BCUT2D eigenvalue weighted by atomic mass is 10.1. The Kier molecular flexibility index (Phi) is 6.47. The number of ether oxygens (including phenoxy) is 1. The van der Waals surface area contributed by atoms with E-state index in [9.17, 15) is 9.59 Å². The van der Waals surface area contributed by atoms with Crippen LogP contribution < -0.4 is 10.6 Å². The maximum Gasteiger partial charge on any atom is 0.407 e. The number of fused-ring (bicyclic) bond motifs is 3. The molecular weight excluding hydrogens is 344 g/mol. The number of anilines is 1. The molecule has 7 nitrogen and oxygen atoms in total. The minimum atomic E-state index is -0.449. The van der Waals surface area contributed by atoms with Crippen molar-refractivity contribution in [1.82, 2.24) is 10.2 Å². The van der Waals surface area contributed by atoms with Gasteiger partial charge in [-0.1, -0.05) is 24.8 Å². The van der Waals surface area contributed by atoms with Crippen molar-refractivity contribution < 1.29 is 18.8 Å². The first-order valence-electron chi connectivity index (χ1n) is 9.56. The molecule has 3 aliphatic heterocycles. The van der Waals surface area contributed by atoms with Crippen molar-refractivity contribution in [3.8, 4) is 0 Å². The van der Waals surface area contributed by atoms with Crippen LogP contribution in [-0.2, 0) is 16.0 Å². The second-order valence-electron chi connectivity index (χ2n) is 7.32. The molecule has 0 radical (unpaired) electrons. The van der Waals surface area contributed by atoms with Crippen molar-refractivity contribution >= 4 is 17.7 Å². The largest absolute Gasteiger partial charge is 0.445 e. The average Bonchev–Trinajstić information content (AvgIpc) is 2.67. The SMILES string of the molecule is C=CCOC(=O)NCCc1cccc(NC(=O)C[N+]23CCN(CC2)CC3)c1. The Morgan fingerprint density at radius 2 is 1.96 bits per heavy atom. The summed E-state index contributed by atoms with van der Waals surface area (Å²) in [6.07, 6.45) is 1.75. The maximum atomic E-state index is 12.6. The number of nitrogens with one attached hydrogen (secondary N) is 2. The average molecular weight is 373 g/mol. The minimum Gasteiger partial charge on any atom is -0.445 e. The topological polar surface area (TPSA) is 70.7 Å². The molecule has 2 N–H and O–H groups in total. The van der Waals surface area contributed by atoms with E-state index in [1.54, 1.807) is 0 Å². The first kappa shape index (κ1) is 19.4. The van der Waals surface area contributed by atoms with Gasteiger partial charge in [0.05, 0.1) is 19.6 Å². The van der Waals surface area contributed by atoms with Crippen molar-refractivity contribution in [3.63, 3.8) is 0 Å². The highest BCUT2D eigenvalue weighted by Gasteiger charge is 2.39. The molecule has 0 saturated carbocycles. The van der Waals surface area contributed by atoms with Gasteiger partial charge in [0.15, 0.2) is 6.54 Å². The highest BCUT2D eigenvalue weighted by Crippen LogP contribution is 2.19. The smallest absolute Gasteiger partial charge is 0.407 e. The number of quaternary nitrogens is 1. The van der Waals surface area contributed by atoms with Crippen LogP contribution >= 0.6 is 0 Å². The monoisotopic (exact) mass is 373 g/mol. The summed E-state index contributed by atoms with van der Waals surface area (Å²) in [5.74, 6) is 0.0774. The van der Waals surface area contributed by atoms with E-state index in [-0.39, 0.29) is 12.5 Å². The molecule has 4 rings (SSSR count). The molecule has 146 valence electrons. The number of nitrogens with zero attached hydrogens (tertiary/aromatic N) is 2. The Bertz CT molecular complexity index is 670. The summed E-state index contributed by atoms with van der Waals surface area (Å²) in [6, 6.07) is 7.77. The fraction of sp³-hybridized carbons (Fsp3) is 0.500. The second kappa shape index (κ2) is 9.01. The third-order valence-electron chi connectivity index (χ3n) is 5.38. The quantitative estimate of drug-likeness (QED) is 0.531. The first-order valence-corrected chi connectivity index (χ1v) is 9.56. The van der Waals surface area contributed by atoms with Gasteiger partial charge >= 0.3 is 6.09 Å². The number of benzene rings is 1. The highest BCUT2D eigenvalue weighted by atomic mass is 16.5. The lowest BCUT2D eigenvalue weighted by Crippen LogP contribution is -2.68. The second-order valence-corrected chi connectivity index (χ2v) is 7.32. The number of hydrogen-bond acceptors (Lipinski definition) is 4. The van der Waals surface area contributed by atoms with E-state index in [4.69, 9.17) is 4.74 Å². The Balaban J connectivity index is 1.46. The normalized spacial score (nSPS) is 23.5. The molecule has 3 heterocycles. The summed E-state index contributed by atoms with van der Waals surface area (Å²) >= 11 is 0. The molecule has 0 aromatic heterocycles. The zero-order valence-electron chi connectivity index (χ0n) is 15.8. The van der Waals surface area contributed by atoms with Crippen LogP contribution in [0.3, 0.4) is 0 Å². The standard InChI is InChI=1S/C20H28N4O3/c1-2-14-27-20(26)21-7-6-17-4-3-5-18(15-17)22-19(25)16-24-11-8-23(9-12-24)10-13-24/h2-5,15H,1,6-14,16H2,(H-,21,22,25,26)/p+1. The number of carbonyl (C=O) groups is 2. The Morgan fingerprint density at radius 1 is 1.22 bits per heavy atom. The van der Waals surface area contributed by atoms with E-state index in [1.807, 2.05) is 24.3 Å². The van der Waals surface area contributed by atoms with Crippen LogP contribution in [0.2, 0.25) is 0 Å². The molecule has 0 atom stereocenters. The third kappa shape index (κ3) is 5.55. The van der Waals surface area contributed by atoms with Crippen molar-refractivity contribution in [2.75, 3.05) is 64.3 Å². The minimum absolute atomic E-state index is 0.0774. The molecule has 3 aliphatic rings. The molecular formula is C20H29N4O3+. The number of rotatable bonds is 8. The number of alkyl carbamates (subject to hydrolysis) is 1.